The summed E-state index contributed by atoms with van der Waals surface area (Å²) in [5.41, 5.74) is 2.42. The van der Waals surface area contributed by atoms with Crippen LogP contribution in [0.25, 0.3) is 0 Å². The van der Waals surface area contributed by atoms with Crippen molar-refractivity contribution in [1.82, 2.24) is 10.2 Å². The fourth-order valence-electron chi connectivity index (χ4n) is 4.39. The van der Waals surface area contributed by atoms with Gasteiger partial charge in [0.15, 0.2) is 0 Å². The van der Waals surface area contributed by atoms with Gasteiger partial charge in [0.1, 0.15) is 17.7 Å². The van der Waals surface area contributed by atoms with Crippen LogP contribution < -0.4 is 5.32 Å². The van der Waals surface area contributed by atoms with Gasteiger partial charge >= 0.3 is 5.97 Å². The van der Waals surface area contributed by atoms with Gasteiger partial charge in [-0.25, -0.2) is 0 Å². The lowest BCUT2D eigenvalue weighted by molar-refractivity contribution is -0.155. The van der Waals surface area contributed by atoms with Gasteiger partial charge in [-0.3, -0.25) is 14.5 Å². The van der Waals surface area contributed by atoms with Gasteiger partial charge in [0.05, 0.1) is 12.1 Å². The second-order valence-corrected chi connectivity index (χ2v) is 9.74. The molecule has 1 saturated heterocycles. The Labute approximate surface area is 201 Å². The van der Waals surface area contributed by atoms with Crippen LogP contribution in [0.4, 0.5) is 0 Å². The smallest absolute Gasteiger partial charge is 0.326 e. The van der Waals surface area contributed by atoms with E-state index < -0.39 is 17.7 Å². The van der Waals surface area contributed by atoms with Crippen molar-refractivity contribution in [2.45, 2.75) is 57.5 Å². The van der Waals surface area contributed by atoms with Gasteiger partial charge in [-0.2, -0.15) is 0 Å². The van der Waals surface area contributed by atoms with Crippen LogP contribution in [0.1, 0.15) is 56.5 Å². The molecule has 3 aromatic rings. The normalized spacial score (nSPS) is 20.4. The molecule has 4 atom stereocenters. The third kappa shape index (κ3) is 5.37. The van der Waals surface area contributed by atoms with E-state index in [1.54, 1.807) is 0 Å². The van der Waals surface area contributed by atoms with E-state index in [-0.39, 0.29) is 24.0 Å². The number of benzene rings is 3. The number of esters is 1. The van der Waals surface area contributed by atoms with Gasteiger partial charge < -0.3 is 10.1 Å². The van der Waals surface area contributed by atoms with E-state index in [2.05, 4.69) is 5.32 Å². The first-order chi connectivity index (χ1) is 16.3. The summed E-state index contributed by atoms with van der Waals surface area (Å²) in [4.78, 5) is 28.7. The van der Waals surface area contributed by atoms with Gasteiger partial charge in [0, 0.05) is 0 Å². The van der Waals surface area contributed by atoms with E-state index in [0.29, 0.717) is 0 Å². The van der Waals surface area contributed by atoms with E-state index in [9.17, 15) is 9.59 Å². The molecule has 1 aliphatic rings. The predicted molar refractivity (Wildman–Crippen MR) is 133 cm³/mol. The van der Waals surface area contributed by atoms with Crippen molar-refractivity contribution >= 4 is 11.9 Å². The van der Waals surface area contributed by atoms with Gasteiger partial charge in [0.2, 0.25) is 5.91 Å². The average Bonchev–Trinajstić information content (AvgIpc) is 3.55. The van der Waals surface area contributed by atoms with Crippen LogP contribution in [0, 0.1) is 0 Å². The number of carbonyl (C=O) groups excluding carboxylic acids is 2. The Morgan fingerprint density at radius 2 is 1.21 bits per heavy atom. The summed E-state index contributed by atoms with van der Waals surface area (Å²) in [5.74, 6) is -0.555. The van der Waals surface area contributed by atoms with Gasteiger partial charge in [0.25, 0.3) is 0 Å². The highest BCUT2D eigenvalue weighted by Crippen LogP contribution is 2.44. The van der Waals surface area contributed by atoms with E-state index in [1.807, 2.05) is 124 Å². The molecule has 0 saturated carbocycles. The summed E-state index contributed by atoms with van der Waals surface area (Å²) in [6, 6.07) is 28.1. The maximum absolute atomic E-state index is 13.5. The summed E-state index contributed by atoms with van der Waals surface area (Å²) in [7, 11) is 0. The largest absolute Gasteiger partial charge is 0.459 e. The Hall–Kier alpha value is -3.44. The molecule has 0 radical (unpaired) electrons. The standard InChI is InChI=1S/C29H32N2O3/c1-20(21-14-8-5-9-15-21)30-27(32)25-26(28(33)34-29(2,3)4)31(25)24(22-16-10-6-11-17-22)23-18-12-7-13-19-23/h5-20,24-26H,1-4H3,(H,30,32)/t20-,25+,26-,31?/m0/s1. The SMILES string of the molecule is C[C@H](NC(=O)[C@H]1[C@@H](C(=O)OC(C)(C)C)N1C(c1ccccc1)c1ccccc1)c1ccccc1. The van der Waals surface area contributed by atoms with Gasteiger partial charge in [-0.15, -0.1) is 0 Å². The highest BCUT2D eigenvalue weighted by molar-refractivity contribution is 5.96. The van der Waals surface area contributed by atoms with Crippen molar-refractivity contribution in [2.75, 3.05) is 0 Å². The molecule has 0 bridgehead atoms. The minimum Gasteiger partial charge on any atom is -0.459 e. The number of hydrogen-bond donors (Lipinski definition) is 1. The van der Waals surface area contributed by atoms with Crippen LogP contribution in [-0.4, -0.2) is 34.5 Å². The van der Waals surface area contributed by atoms with Crippen molar-refractivity contribution in [2.24, 2.45) is 0 Å². The quantitative estimate of drug-likeness (QED) is 0.399. The lowest BCUT2D eigenvalue weighted by atomic mass is 9.98. The molecule has 5 nitrogen and oxygen atoms in total. The number of amides is 1. The summed E-state index contributed by atoms with van der Waals surface area (Å²) in [6.45, 7) is 7.48. The van der Waals surface area contributed by atoms with Crippen LogP contribution in [0.5, 0.6) is 0 Å². The molecule has 0 aliphatic carbocycles. The molecule has 3 aromatic carbocycles. The molecule has 0 aromatic heterocycles. The molecule has 4 rings (SSSR count). The lowest BCUT2D eigenvalue weighted by Crippen LogP contribution is -2.34. The molecular formula is C29H32N2O3. The van der Waals surface area contributed by atoms with Crippen molar-refractivity contribution < 1.29 is 14.3 Å². The molecule has 1 unspecified atom stereocenters. The highest BCUT2D eigenvalue weighted by atomic mass is 16.6. The molecule has 1 heterocycles. The van der Waals surface area contributed by atoms with Crippen molar-refractivity contribution in [3.63, 3.8) is 0 Å². The fourth-order valence-corrected chi connectivity index (χ4v) is 4.39. The van der Waals surface area contributed by atoms with E-state index in [4.69, 9.17) is 4.74 Å². The number of carbonyl (C=O) groups is 2. The van der Waals surface area contributed by atoms with Crippen LogP contribution >= 0.6 is 0 Å². The third-order valence-electron chi connectivity index (χ3n) is 5.96. The predicted octanol–water partition coefficient (Wildman–Crippen LogP) is 5.05. The molecule has 1 amide bonds. The average molecular weight is 457 g/mol. The van der Waals surface area contributed by atoms with E-state index >= 15 is 0 Å². The van der Waals surface area contributed by atoms with Crippen LogP contribution in [0.2, 0.25) is 0 Å². The molecule has 0 spiro atoms. The second kappa shape index (κ2) is 9.82. The summed E-state index contributed by atoms with van der Waals surface area (Å²) >= 11 is 0. The fraction of sp³-hybridized carbons (Fsp3) is 0.310. The minimum absolute atomic E-state index is 0.177. The number of hydrogen-bond acceptors (Lipinski definition) is 4. The maximum atomic E-state index is 13.5. The van der Waals surface area contributed by atoms with Gasteiger partial charge in [-0.05, 0) is 44.4 Å². The molecule has 5 heteroatoms. The Morgan fingerprint density at radius 1 is 0.765 bits per heavy atom. The van der Waals surface area contributed by atoms with Crippen LogP contribution in [0.3, 0.4) is 0 Å². The minimum atomic E-state index is -0.660. The zero-order valence-electron chi connectivity index (χ0n) is 20.1. The third-order valence-corrected chi connectivity index (χ3v) is 5.96. The first-order valence-corrected chi connectivity index (χ1v) is 11.7. The monoisotopic (exact) mass is 456 g/mol. The second-order valence-electron chi connectivity index (χ2n) is 9.74. The Morgan fingerprint density at radius 3 is 1.65 bits per heavy atom. The molecule has 1 N–H and O–H groups in total. The van der Waals surface area contributed by atoms with Gasteiger partial charge in [-0.1, -0.05) is 91.0 Å². The van der Waals surface area contributed by atoms with Crippen molar-refractivity contribution in [3.8, 4) is 0 Å². The lowest BCUT2D eigenvalue weighted by Gasteiger charge is -2.23. The van der Waals surface area contributed by atoms with Crippen LogP contribution in [-0.2, 0) is 14.3 Å². The molecule has 1 aliphatic heterocycles. The topological polar surface area (TPSA) is 58.4 Å². The Bertz CT molecular complexity index is 1070. The first-order valence-electron chi connectivity index (χ1n) is 11.7. The van der Waals surface area contributed by atoms with E-state index in [0.717, 1.165) is 16.7 Å². The zero-order valence-corrected chi connectivity index (χ0v) is 20.1. The molecule has 176 valence electrons. The number of nitrogens with one attached hydrogen (secondary N) is 1. The molecule has 1 fully saturated rings. The molecular weight excluding hydrogens is 424 g/mol. The maximum Gasteiger partial charge on any atom is 0.326 e. The van der Waals surface area contributed by atoms with Crippen molar-refractivity contribution in [1.29, 1.82) is 0 Å². The summed E-state index contributed by atoms with van der Waals surface area (Å²) in [5, 5.41) is 3.11. The first kappa shape index (κ1) is 23.7. The summed E-state index contributed by atoms with van der Waals surface area (Å²) < 4.78 is 5.72. The van der Waals surface area contributed by atoms with Crippen LogP contribution in [0.15, 0.2) is 91.0 Å². The highest BCUT2D eigenvalue weighted by Gasteiger charge is 2.61. The Kier molecular flexibility index (Phi) is 6.85. The Balaban J connectivity index is 1.66. The number of nitrogens with zero attached hydrogens (tertiary/aromatic N) is 1. The van der Waals surface area contributed by atoms with E-state index in [1.165, 1.54) is 0 Å². The number of ether oxygens (including phenoxy) is 1. The molecule has 34 heavy (non-hydrogen) atoms. The summed E-state index contributed by atoms with van der Waals surface area (Å²) in [6.07, 6.45) is 0. The zero-order chi connectivity index (χ0) is 24.3. The van der Waals surface area contributed by atoms with Crippen molar-refractivity contribution in [3.05, 3.63) is 108 Å². The number of rotatable bonds is 7.